The highest BCUT2D eigenvalue weighted by molar-refractivity contribution is 6.35. The quantitative estimate of drug-likeness (QED) is 0.143. The van der Waals surface area contributed by atoms with Crippen LogP contribution >= 0.6 is 11.6 Å². The minimum Gasteiger partial charge on any atom is -0.494 e. The molecule has 2 amide bonds. The van der Waals surface area contributed by atoms with E-state index in [1.807, 2.05) is 0 Å². The summed E-state index contributed by atoms with van der Waals surface area (Å²) < 4.78 is 89.0. The summed E-state index contributed by atoms with van der Waals surface area (Å²) in [7, 11) is 1.26. The fourth-order valence-corrected chi connectivity index (χ4v) is 5.73. The molecule has 0 saturated carbocycles. The van der Waals surface area contributed by atoms with E-state index in [1.165, 1.54) is 37.4 Å². The fraction of sp³-hybridized carbons (Fsp3) is 0.212. The van der Waals surface area contributed by atoms with E-state index >= 15 is 0 Å². The van der Waals surface area contributed by atoms with Crippen molar-refractivity contribution in [3.05, 3.63) is 94.0 Å². The van der Waals surface area contributed by atoms with E-state index < -0.39 is 53.4 Å². The highest BCUT2D eigenvalue weighted by atomic mass is 35.5. The largest absolute Gasteiger partial charge is 0.586 e. The molecule has 3 heterocycles. The summed E-state index contributed by atoms with van der Waals surface area (Å²) in [6.07, 6.45) is -3.01. The molecule has 0 aliphatic carbocycles. The number of nitrogens with zero attached hydrogens (tertiary/aromatic N) is 3. The monoisotopic (exact) mass is 733 g/mol. The third-order valence-corrected chi connectivity index (χ3v) is 8.19. The predicted octanol–water partition coefficient (Wildman–Crippen LogP) is 5.78. The fourth-order valence-electron chi connectivity index (χ4n) is 5.45. The molecule has 1 atom stereocenters. The van der Waals surface area contributed by atoms with Gasteiger partial charge in [-0.1, -0.05) is 23.7 Å². The summed E-state index contributed by atoms with van der Waals surface area (Å²) in [6.45, 7) is -2.10. The second-order valence-corrected chi connectivity index (χ2v) is 11.4. The summed E-state index contributed by atoms with van der Waals surface area (Å²) in [5, 5.41) is 18.5. The van der Waals surface area contributed by atoms with E-state index in [0.29, 0.717) is 4.68 Å². The Morgan fingerprint density at radius 3 is 2.51 bits per heavy atom. The Bertz CT molecular complexity index is 2180. The van der Waals surface area contributed by atoms with Crippen molar-refractivity contribution < 1.29 is 55.6 Å². The zero-order valence-electron chi connectivity index (χ0n) is 26.3. The topological polar surface area (TPSA) is 160 Å². The van der Waals surface area contributed by atoms with Crippen LogP contribution in [-0.2, 0) is 5.60 Å². The normalized spacial score (nSPS) is 14.4. The van der Waals surface area contributed by atoms with Gasteiger partial charge in [-0.25, -0.2) is 14.1 Å². The summed E-state index contributed by atoms with van der Waals surface area (Å²) >= 11 is 6.51. The Balaban J connectivity index is 1.48. The third-order valence-electron chi connectivity index (χ3n) is 7.82. The maximum Gasteiger partial charge on any atom is 0.586 e. The Labute approximate surface area is 289 Å². The van der Waals surface area contributed by atoms with Crippen LogP contribution in [-0.4, -0.2) is 58.2 Å². The number of carbonyl (C=O) groups excluding carboxylic acids is 2. The number of rotatable bonds is 11. The van der Waals surface area contributed by atoms with Crippen molar-refractivity contribution in [2.75, 3.05) is 20.3 Å². The van der Waals surface area contributed by atoms with Gasteiger partial charge in [-0.2, -0.15) is 13.9 Å². The van der Waals surface area contributed by atoms with E-state index in [2.05, 4.69) is 24.9 Å². The zero-order chi connectivity index (χ0) is 36.8. The highest BCUT2D eigenvalue weighted by Gasteiger charge is 2.45. The Hall–Kier alpha value is -5.68. The van der Waals surface area contributed by atoms with Crippen molar-refractivity contribution >= 4 is 34.3 Å². The number of nitrogens with one attached hydrogen (secondary N) is 1. The number of methoxy groups -OCH3 is 1. The summed E-state index contributed by atoms with van der Waals surface area (Å²) in [5.74, 6) is -3.69. The van der Waals surface area contributed by atoms with Crippen LogP contribution in [0.3, 0.4) is 0 Å². The zero-order valence-corrected chi connectivity index (χ0v) is 27.1. The van der Waals surface area contributed by atoms with E-state index in [1.54, 1.807) is 6.92 Å². The first-order chi connectivity index (χ1) is 24.2. The molecule has 0 saturated heterocycles. The number of aliphatic hydroxyl groups is 1. The van der Waals surface area contributed by atoms with Gasteiger partial charge in [0.25, 0.3) is 11.8 Å². The maximum atomic E-state index is 14.1. The first-order valence-corrected chi connectivity index (χ1v) is 15.2. The lowest BCUT2D eigenvalue weighted by Crippen LogP contribution is -2.42. The third kappa shape index (κ3) is 6.52. The molecule has 18 heteroatoms. The van der Waals surface area contributed by atoms with Gasteiger partial charge in [0.05, 0.1) is 36.5 Å². The highest BCUT2D eigenvalue weighted by Crippen LogP contribution is 2.50. The van der Waals surface area contributed by atoms with Gasteiger partial charge in [0, 0.05) is 22.7 Å². The molecule has 0 bridgehead atoms. The first kappa shape index (κ1) is 35.2. The van der Waals surface area contributed by atoms with Gasteiger partial charge in [0.1, 0.15) is 28.4 Å². The number of amides is 2. The van der Waals surface area contributed by atoms with E-state index in [9.17, 15) is 36.6 Å². The molecule has 5 aromatic rings. The number of hydrogen-bond acceptors (Lipinski definition) is 9. The number of hydrogen-bond donors (Lipinski definition) is 3. The van der Waals surface area contributed by atoms with Crippen LogP contribution in [0.5, 0.6) is 23.0 Å². The number of halogens is 6. The maximum absolute atomic E-state index is 14.1. The Kier molecular flexibility index (Phi) is 9.11. The van der Waals surface area contributed by atoms with Crippen molar-refractivity contribution in [1.82, 2.24) is 20.1 Å². The summed E-state index contributed by atoms with van der Waals surface area (Å²) in [6, 6.07) is 10.4. The van der Waals surface area contributed by atoms with Crippen LogP contribution in [0.15, 0.2) is 60.8 Å². The van der Waals surface area contributed by atoms with Crippen molar-refractivity contribution in [2.45, 2.75) is 25.4 Å². The van der Waals surface area contributed by atoms with Gasteiger partial charge in [0.15, 0.2) is 17.2 Å². The molecule has 1 aliphatic heterocycles. The number of pyridine rings is 1. The lowest BCUT2D eigenvalue weighted by Gasteiger charge is -2.30. The van der Waals surface area contributed by atoms with Gasteiger partial charge in [-0.05, 0) is 55.0 Å². The van der Waals surface area contributed by atoms with Crippen LogP contribution in [0.25, 0.3) is 22.2 Å². The molecule has 0 fully saturated rings. The van der Waals surface area contributed by atoms with Crippen molar-refractivity contribution in [2.24, 2.45) is 5.73 Å². The molecular weight excluding hydrogens is 709 g/mol. The molecule has 3 aromatic carbocycles. The van der Waals surface area contributed by atoms with Crippen molar-refractivity contribution in [1.29, 1.82) is 0 Å². The van der Waals surface area contributed by atoms with Gasteiger partial charge in [-0.3, -0.25) is 9.59 Å². The molecule has 0 unspecified atom stereocenters. The van der Waals surface area contributed by atoms with Crippen LogP contribution in [0, 0.1) is 5.82 Å². The molecule has 12 nitrogen and oxygen atoms in total. The average Bonchev–Trinajstić information content (AvgIpc) is 3.68. The van der Waals surface area contributed by atoms with Gasteiger partial charge < -0.3 is 35.1 Å². The number of aromatic nitrogens is 3. The van der Waals surface area contributed by atoms with E-state index in [4.69, 9.17) is 26.8 Å². The number of carbonyl (C=O) groups is 2. The van der Waals surface area contributed by atoms with Crippen LogP contribution in [0.2, 0.25) is 5.02 Å². The number of primary amides is 1. The average molecular weight is 734 g/mol. The minimum absolute atomic E-state index is 0.00753. The molecule has 266 valence electrons. The van der Waals surface area contributed by atoms with E-state index in [0.717, 1.165) is 30.5 Å². The van der Waals surface area contributed by atoms with Crippen molar-refractivity contribution in [3.63, 3.8) is 0 Å². The molecule has 1 aliphatic rings. The lowest BCUT2D eigenvalue weighted by molar-refractivity contribution is -0.286. The van der Waals surface area contributed by atoms with Gasteiger partial charge in [0.2, 0.25) is 0 Å². The first-order valence-electron chi connectivity index (χ1n) is 14.8. The molecule has 6 rings (SSSR count). The minimum atomic E-state index is -4.03. The standard InChI is InChI=1S/C33H25ClF5N5O7/c1-3-49-27-20(29(40)45)12-23(42-26(27)19-8-9-21-28(24(19)34)51-33(38,39)50-21)32(47,17-4-6-18(35)7-5-17)14-41-30(46)15-10-16-13-44(31(36)37)43-25(16)22(11-15)48-2/h4-13,31,47H,3,14H2,1-2H3,(H2,40,45)(H,41,46)/t32-/m1/s1. The van der Waals surface area contributed by atoms with Crippen LogP contribution in [0.4, 0.5) is 22.0 Å². The predicted molar refractivity (Wildman–Crippen MR) is 170 cm³/mol. The number of fused-ring (bicyclic) bond motifs is 2. The number of benzene rings is 3. The second-order valence-electron chi connectivity index (χ2n) is 11.0. The summed E-state index contributed by atoms with van der Waals surface area (Å²) in [4.78, 5) is 30.9. The second kappa shape index (κ2) is 13.2. The van der Waals surface area contributed by atoms with Crippen LogP contribution in [0.1, 0.15) is 45.4 Å². The molecule has 51 heavy (non-hydrogen) atoms. The summed E-state index contributed by atoms with van der Waals surface area (Å²) in [5.41, 5.74) is 2.33. The molecule has 0 spiro atoms. The Morgan fingerprint density at radius 1 is 1.14 bits per heavy atom. The van der Waals surface area contributed by atoms with Crippen LogP contribution < -0.4 is 30.0 Å². The smallest absolute Gasteiger partial charge is 0.494 e. The molecule has 4 N–H and O–H groups in total. The van der Waals surface area contributed by atoms with Gasteiger partial charge >= 0.3 is 12.8 Å². The number of alkyl halides is 4. The number of nitrogens with two attached hydrogens (primary N) is 1. The van der Waals surface area contributed by atoms with Gasteiger partial charge in [-0.15, -0.1) is 8.78 Å². The number of ether oxygens (including phenoxy) is 4. The molecule has 0 radical (unpaired) electrons. The van der Waals surface area contributed by atoms with Crippen molar-refractivity contribution in [3.8, 4) is 34.3 Å². The molecule has 2 aromatic heterocycles. The Morgan fingerprint density at radius 2 is 1.86 bits per heavy atom. The lowest BCUT2D eigenvalue weighted by atomic mass is 9.88. The molecular formula is C33H25ClF5N5O7. The SMILES string of the molecule is CCOc1c(C(N)=O)cc([C@@](O)(CNC(=O)c2cc(OC)c3nn(C(F)F)cc3c2)c2ccc(F)cc2)nc1-c1ccc2c(c1Cl)OC(F)(F)O2. The van der Waals surface area contributed by atoms with E-state index in [-0.39, 0.29) is 68.4 Å².